The van der Waals surface area contributed by atoms with E-state index >= 15 is 0 Å². The van der Waals surface area contributed by atoms with Crippen LogP contribution in [0.3, 0.4) is 0 Å². The van der Waals surface area contributed by atoms with Gasteiger partial charge in [-0.3, -0.25) is 4.57 Å². The topological polar surface area (TPSA) is 106 Å². The molecule has 4 aromatic heterocycles. The Bertz CT molecular complexity index is 1090. The van der Waals surface area contributed by atoms with Crippen LogP contribution in [-0.4, -0.2) is 53.4 Å². The Hall–Kier alpha value is -3.82. The van der Waals surface area contributed by atoms with Gasteiger partial charge in [-0.25, -0.2) is 9.97 Å². The summed E-state index contributed by atoms with van der Waals surface area (Å²) in [7, 11) is 1.58. The number of pyridine rings is 2. The Morgan fingerprint density at radius 2 is 1.86 bits per heavy atom. The van der Waals surface area contributed by atoms with Crippen molar-refractivity contribution in [1.82, 2.24) is 39.7 Å². The highest BCUT2D eigenvalue weighted by Gasteiger charge is 2.19. The summed E-state index contributed by atoms with van der Waals surface area (Å²) < 4.78 is 12.6. The van der Waals surface area contributed by atoms with Gasteiger partial charge in [0.15, 0.2) is 11.6 Å². The second-order valence-corrected chi connectivity index (χ2v) is 6.11. The van der Waals surface area contributed by atoms with Crippen molar-refractivity contribution in [3.05, 3.63) is 54.4 Å². The zero-order chi connectivity index (χ0) is 20.2. The smallest absolute Gasteiger partial charge is 0.213 e. The maximum Gasteiger partial charge on any atom is 0.213 e. The van der Waals surface area contributed by atoms with Crippen LogP contribution in [0.15, 0.2) is 42.9 Å². The van der Waals surface area contributed by atoms with Crippen LogP contribution in [0.4, 0.5) is 0 Å². The van der Waals surface area contributed by atoms with E-state index in [4.69, 9.17) is 9.47 Å². The molecule has 0 bridgehead atoms. The minimum Gasteiger partial charge on any atom is -0.492 e. The van der Waals surface area contributed by atoms with Gasteiger partial charge in [-0.05, 0) is 32.0 Å². The Kier molecular flexibility index (Phi) is 5.14. The Morgan fingerprint density at radius 3 is 2.52 bits per heavy atom. The SMILES string of the molecule is CCOc1ccc(-c2nnc(Cn3nccn3)n2-c2ccc(OC)nc2)nc1C. The molecule has 0 amide bonds. The van der Waals surface area contributed by atoms with Gasteiger partial charge in [0, 0.05) is 6.07 Å². The standard InChI is InChI=1S/C19H20N8O2/c1-4-29-16-7-6-15(23-13(16)2)19-25-24-17(12-26-21-9-10-22-26)27(19)14-5-8-18(28-3)20-11-14/h5-11H,4,12H2,1-3H3. The average molecular weight is 392 g/mol. The molecular weight excluding hydrogens is 372 g/mol. The van der Waals surface area contributed by atoms with Gasteiger partial charge in [0.2, 0.25) is 5.88 Å². The lowest BCUT2D eigenvalue weighted by atomic mass is 10.2. The Balaban J connectivity index is 1.81. The molecule has 0 saturated carbocycles. The van der Waals surface area contributed by atoms with Crippen LogP contribution in [0, 0.1) is 6.92 Å². The number of nitrogens with zero attached hydrogens (tertiary/aromatic N) is 8. The predicted octanol–water partition coefficient (Wildman–Crippen LogP) is 2.08. The van der Waals surface area contributed by atoms with Gasteiger partial charge in [-0.1, -0.05) is 0 Å². The zero-order valence-corrected chi connectivity index (χ0v) is 16.3. The molecule has 0 aromatic carbocycles. The molecule has 0 N–H and O–H groups in total. The van der Waals surface area contributed by atoms with Gasteiger partial charge in [0.1, 0.15) is 18.0 Å². The molecule has 148 valence electrons. The number of rotatable bonds is 7. The van der Waals surface area contributed by atoms with Crippen molar-refractivity contribution in [2.75, 3.05) is 13.7 Å². The monoisotopic (exact) mass is 392 g/mol. The molecule has 4 heterocycles. The minimum absolute atomic E-state index is 0.349. The van der Waals surface area contributed by atoms with E-state index in [0.29, 0.717) is 36.4 Å². The Labute approximate surface area is 167 Å². The Morgan fingerprint density at radius 1 is 1.03 bits per heavy atom. The lowest BCUT2D eigenvalue weighted by molar-refractivity contribution is 0.336. The number of methoxy groups -OCH3 is 1. The van der Waals surface area contributed by atoms with Crippen LogP contribution in [0.5, 0.6) is 11.6 Å². The van der Waals surface area contributed by atoms with E-state index in [1.165, 1.54) is 4.80 Å². The fourth-order valence-corrected chi connectivity index (χ4v) is 2.91. The van der Waals surface area contributed by atoms with Crippen molar-refractivity contribution in [1.29, 1.82) is 0 Å². The van der Waals surface area contributed by atoms with Gasteiger partial charge in [0.05, 0.1) is 43.7 Å². The third kappa shape index (κ3) is 3.77. The van der Waals surface area contributed by atoms with Gasteiger partial charge >= 0.3 is 0 Å². The van der Waals surface area contributed by atoms with Gasteiger partial charge in [-0.15, -0.1) is 10.2 Å². The summed E-state index contributed by atoms with van der Waals surface area (Å²) in [6, 6.07) is 7.43. The largest absolute Gasteiger partial charge is 0.492 e. The van der Waals surface area contributed by atoms with Crippen LogP contribution >= 0.6 is 0 Å². The van der Waals surface area contributed by atoms with Crippen LogP contribution in [0.25, 0.3) is 17.2 Å². The first kappa shape index (κ1) is 18.5. The van der Waals surface area contributed by atoms with Crippen molar-refractivity contribution in [2.45, 2.75) is 20.4 Å². The first-order valence-electron chi connectivity index (χ1n) is 9.09. The highest BCUT2D eigenvalue weighted by Crippen LogP contribution is 2.25. The number of aryl methyl sites for hydroxylation is 1. The van der Waals surface area contributed by atoms with E-state index < -0.39 is 0 Å². The highest BCUT2D eigenvalue weighted by molar-refractivity contribution is 5.56. The molecule has 29 heavy (non-hydrogen) atoms. The van der Waals surface area contributed by atoms with Crippen LogP contribution in [-0.2, 0) is 6.54 Å². The molecule has 10 heteroatoms. The molecule has 0 aliphatic carbocycles. The predicted molar refractivity (Wildman–Crippen MR) is 104 cm³/mol. The second-order valence-electron chi connectivity index (χ2n) is 6.11. The molecule has 0 saturated heterocycles. The van der Waals surface area contributed by atoms with Crippen molar-refractivity contribution in [2.24, 2.45) is 0 Å². The number of ether oxygens (including phenoxy) is 2. The highest BCUT2D eigenvalue weighted by atomic mass is 16.5. The van der Waals surface area contributed by atoms with Crippen molar-refractivity contribution < 1.29 is 9.47 Å². The van der Waals surface area contributed by atoms with Crippen LogP contribution in [0.2, 0.25) is 0 Å². The lowest BCUT2D eigenvalue weighted by Crippen LogP contribution is -2.11. The molecule has 0 aliphatic heterocycles. The van der Waals surface area contributed by atoms with Crippen molar-refractivity contribution in [3.63, 3.8) is 0 Å². The summed E-state index contributed by atoms with van der Waals surface area (Å²) in [6.07, 6.45) is 4.94. The fraction of sp³-hybridized carbons (Fsp3) is 0.263. The zero-order valence-electron chi connectivity index (χ0n) is 16.3. The second kappa shape index (κ2) is 8.05. The van der Waals surface area contributed by atoms with Gasteiger partial charge < -0.3 is 9.47 Å². The van der Waals surface area contributed by atoms with Gasteiger partial charge in [0.25, 0.3) is 0 Å². The van der Waals surface area contributed by atoms with E-state index in [0.717, 1.165) is 17.1 Å². The summed E-state index contributed by atoms with van der Waals surface area (Å²) in [4.78, 5) is 10.5. The van der Waals surface area contributed by atoms with E-state index in [9.17, 15) is 0 Å². The number of aromatic nitrogens is 8. The first-order chi connectivity index (χ1) is 14.2. The summed E-state index contributed by atoms with van der Waals surface area (Å²) in [5, 5.41) is 17.1. The summed E-state index contributed by atoms with van der Waals surface area (Å²) in [5.41, 5.74) is 2.23. The van der Waals surface area contributed by atoms with Gasteiger partial charge in [-0.2, -0.15) is 15.0 Å². The maximum atomic E-state index is 5.59. The summed E-state index contributed by atoms with van der Waals surface area (Å²) in [6.45, 7) is 4.77. The van der Waals surface area contributed by atoms with Crippen LogP contribution in [0.1, 0.15) is 18.4 Å². The fourth-order valence-electron chi connectivity index (χ4n) is 2.91. The van der Waals surface area contributed by atoms with Crippen molar-refractivity contribution in [3.8, 4) is 28.8 Å². The van der Waals surface area contributed by atoms with E-state index in [2.05, 4.69) is 30.4 Å². The molecule has 0 atom stereocenters. The summed E-state index contributed by atoms with van der Waals surface area (Å²) in [5.74, 6) is 2.50. The molecule has 0 spiro atoms. The number of hydrogen-bond acceptors (Lipinski definition) is 8. The normalized spacial score (nSPS) is 10.9. The molecule has 0 aliphatic rings. The molecule has 0 radical (unpaired) electrons. The third-order valence-corrected chi connectivity index (χ3v) is 4.23. The molecule has 0 unspecified atom stereocenters. The molecular formula is C19H20N8O2. The van der Waals surface area contributed by atoms with Crippen LogP contribution < -0.4 is 9.47 Å². The minimum atomic E-state index is 0.349. The first-order valence-corrected chi connectivity index (χ1v) is 9.09. The third-order valence-electron chi connectivity index (χ3n) is 4.23. The lowest BCUT2D eigenvalue weighted by Gasteiger charge is -2.12. The summed E-state index contributed by atoms with van der Waals surface area (Å²) >= 11 is 0. The quantitative estimate of drug-likeness (QED) is 0.471. The van der Waals surface area contributed by atoms with E-state index in [1.807, 2.05) is 36.6 Å². The van der Waals surface area contributed by atoms with E-state index in [1.54, 1.807) is 31.8 Å². The van der Waals surface area contributed by atoms with E-state index in [-0.39, 0.29) is 0 Å². The molecule has 10 nitrogen and oxygen atoms in total. The molecule has 4 aromatic rings. The number of hydrogen-bond donors (Lipinski definition) is 0. The van der Waals surface area contributed by atoms with Crippen molar-refractivity contribution >= 4 is 0 Å². The maximum absolute atomic E-state index is 5.59. The molecule has 0 fully saturated rings. The average Bonchev–Trinajstić information content (AvgIpc) is 3.40. The molecule has 4 rings (SSSR count).